The van der Waals surface area contributed by atoms with Crippen LogP contribution in [-0.2, 0) is 9.47 Å². The molecule has 1 saturated heterocycles. The van der Waals surface area contributed by atoms with Crippen molar-refractivity contribution in [2.45, 2.75) is 44.2 Å². The van der Waals surface area contributed by atoms with Gasteiger partial charge in [0.2, 0.25) is 0 Å². The van der Waals surface area contributed by atoms with E-state index in [1.54, 1.807) is 27.9 Å². The highest BCUT2D eigenvalue weighted by Crippen LogP contribution is 2.42. The second kappa shape index (κ2) is 6.10. The molecule has 1 heterocycles. The number of carbonyl (C=O) groups is 2. The maximum atomic E-state index is 12.5. The molecule has 2 aliphatic rings. The molecule has 134 valence electrons. The van der Waals surface area contributed by atoms with E-state index in [2.05, 4.69) is 0 Å². The number of nitrogens with zero attached hydrogens (tertiary/aromatic N) is 1. The number of rotatable bonds is 2. The summed E-state index contributed by atoms with van der Waals surface area (Å²) in [4.78, 5) is 25.8. The summed E-state index contributed by atoms with van der Waals surface area (Å²) in [6.45, 7) is 5.45. The minimum Gasteiger partial charge on any atom is -0.497 e. The van der Waals surface area contributed by atoms with E-state index in [1.165, 1.54) is 0 Å². The number of hydrogen-bond donors (Lipinski definition) is 0. The highest BCUT2D eigenvalue weighted by atomic mass is 16.6. The zero-order valence-electron chi connectivity index (χ0n) is 14.9. The van der Waals surface area contributed by atoms with Crippen LogP contribution in [0.25, 0.3) is 0 Å². The predicted octanol–water partition coefficient (Wildman–Crippen LogP) is 3.86. The van der Waals surface area contributed by atoms with Crippen LogP contribution >= 0.6 is 0 Å². The van der Waals surface area contributed by atoms with Gasteiger partial charge < -0.3 is 14.2 Å². The summed E-state index contributed by atoms with van der Waals surface area (Å²) in [6.07, 6.45) is 3.15. The molecule has 6 heteroatoms. The van der Waals surface area contributed by atoms with Crippen LogP contribution in [0.2, 0.25) is 0 Å². The molecule has 1 unspecified atom stereocenters. The number of amides is 2. The van der Waals surface area contributed by atoms with Gasteiger partial charge in [-0.15, -0.1) is 0 Å². The summed E-state index contributed by atoms with van der Waals surface area (Å²) in [5, 5.41) is 0. The molecule has 3 rings (SSSR count). The number of benzene rings is 1. The van der Waals surface area contributed by atoms with Crippen molar-refractivity contribution >= 4 is 12.2 Å². The topological polar surface area (TPSA) is 65.1 Å². The molecule has 25 heavy (non-hydrogen) atoms. The molecule has 1 aromatic rings. The van der Waals surface area contributed by atoms with Crippen molar-refractivity contribution in [3.8, 4) is 5.75 Å². The van der Waals surface area contributed by atoms with Gasteiger partial charge in [0.05, 0.1) is 7.11 Å². The molecular formula is C19H23NO5. The van der Waals surface area contributed by atoms with Gasteiger partial charge >= 0.3 is 12.2 Å². The van der Waals surface area contributed by atoms with E-state index < -0.39 is 23.3 Å². The average Bonchev–Trinajstić information content (AvgIpc) is 3.10. The van der Waals surface area contributed by atoms with Crippen LogP contribution in [0.3, 0.4) is 0 Å². The third-order valence-corrected chi connectivity index (χ3v) is 4.41. The van der Waals surface area contributed by atoms with Gasteiger partial charge in [0.25, 0.3) is 0 Å². The first-order valence-electron chi connectivity index (χ1n) is 8.27. The minimum atomic E-state index is -0.788. The SMILES string of the molecule is COc1ccc([C@H]2C=CC3(COC(=O)N3C(=O)OC(C)(C)C)C2)cc1. The van der Waals surface area contributed by atoms with Crippen molar-refractivity contribution in [1.82, 2.24) is 4.90 Å². The lowest BCUT2D eigenvalue weighted by Crippen LogP contribution is -2.50. The summed E-state index contributed by atoms with van der Waals surface area (Å²) >= 11 is 0. The Labute approximate surface area is 147 Å². The maximum Gasteiger partial charge on any atom is 0.420 e. The summed E-state index contributed by atoms with van der Waals surface area (Å²) in [5.41, 5.74) is -0.375. The van der Waals surface area contributed by atoms with E-state index in [0.29, 0.717) is 6.42 Å². The van der Waals surface area contributed by atoms with E-state index in [9.17, 15) is 9.59 Å². The third-order valence-electron chi connectivity index (χ3n) is 4.41. The van der Waals surface area contributed by atoms with Gasteiger partial charge in [-0.1, -0.05) is 24.3 Å². The van der Waals surface area contributed by atoms with Gasteiger partial charge in [0.1, 0.15) is 23.5 Å². The molecule has 0 bridgehead atoms. The third kappa shape index (κ3) is 3.34. The van der Waals surface area contributed by atoms with Gasteiger partial charge in [0.15, 0.2) is 0 Å². The molecule has 1 aliphatic heterocycles. The van der Waals surface area contributed by atoms with Crippen molar-refractivity contribution < 1.29 is 23.8 Å². The Kier molecular flexibility index (Phi) is 4.22. The van der Waals surface area contributed by atoms with Crippen LogP contribution in [0.1, 0.15) is 38.7 Å². The van der Waals surface area contributed by atoms with Crippen LogP contribution in [-0.4, -0.2) is 41.9 Å². The van der Waals surface area contributed by atoms with Crippen molar-refractivity contribution in [2.75, 3.05) is 13.7 Å². The van der Waals surface area contributed by atoms with Gasteiger partial charge in [-0.25, -0.2) is 9.59 Å². The Hall–Kier alpha value is -2.50. The number of hydrogen-bond acceptors (Lipinski definition) is 5. The van der Waals surface area contributed by atoms with Crippen molar-refractivity contribution in [2.24, 2.45) is 0 Å². The molecule has 0 saturated carbocycles. The van der Waals surface area contributed by atoms with Crippen molar-refractivity contribution in [1.29, 1.82) is 0 Å². The predicted molar refractivity (Wildman–Crippen MR) is 91.6 cm³/mol. The molecule has 0 radical (unpaired) electrons. The van der Waals surface area contributed by atoms with Gasteiger partial charge in [-0.05, 0) is 44.9 Å². The molecule has 2 atom stereocenters. The molecule has 0 N–H and O–H groups in total. The van der Waals surface area contributed by atoms with Crippen LogP contribution in [0.15, 0.2) is 36.4 Å². The van der Waals surface area contributed by atoms with Crippen LogP contribution < -0.4 is 4.74 Å². The number of ether oxygens (including phenoxy) is 3. The summed E-state index contributed by atoms with van der Waals surface area (Å²) in [7, 11) is 1.62. The average molecular weight is 345 g/mol. The van der Waals surface area contributed by atoms with E-state index in [1.807, 2.05) is 36.4 Å². The highest BCUT2D eigenvalue weighted by Gasteiger charge is 2.53. The Morgan fingerprint density at radius 1 is 1.28 bits per heavy atom. The summed E-state index contributed by atoms with van der Waals surface area (Å²) in [6, 6.07) is 7.77. The van der Waals surface area contributed by atoms with E-state index in [4.69, 9.17) is 14.2 Å². The molecule has 1 aliphatic carbocycles. The second-order valence-electron chi connectivity index (χ2n) is 7.42. The van der Waals surface area contributed by atoms with Crippen LogP contribution in [0.4, 0.5) is 9.59 Å². The molecule has 1 spiro atoms. The fourth-order valence-electron chi connectivity index (χ4n) is 3.23. The fraction of sp³-hybridized carbons (Fsp3) is 0.474. The Balaban J connectivity index is 1.80. The number of methoxy groups -OCH3 is 1. The van der Waals surface area contributed by atoms with E-state index in [0.717, 1.165) is 16.2 Å². The largest absolute Gasteiger partial charge is 0.497 e. The lowest BCUT2D eigenvalue weighted by Gasteiger charge is -2.31. The number of allylic oxidation sites excluding steroid dienone is 1. The molecule has 1 fully saturated rings. The Morgan fingerprint density at radius 2 is 1.96 bits per heavy atom. The van der Waals surface area contributed by atoms with Crippen LogP contribution in [0, 0.1) is 0 Å². The summed E-state index contributed by atoms with van der Waals surface area (Å²) < 4.78 is 15.7. The van der Waals surface area contributed by atoms with E-state index >= 15 is 0 Å². The lowest BCUT2D eigenvalue weighted by molar-refractivity contribution is 0.0233. The first-order chi connectivity index (χ1) is 11.7. The Bertz CT molecular complexity index is 704. The molecular weight excluding hydrogens is 322 g/mol. The smallest absolute Gasteiger partial charge is 0.420 e. The number of imide groups is 1. The van der Waals surface area contributed by atoms with Crippen molar-refractivity contribution in [3.63, 3.8) is 0 Å². The maximum absolute atomic E-state index is 12.5. The minimum absolute atomic E-state index is 0.0883. The van der Waals surface area contributed by atoms with Crippen molar-refractivity contribution in [3.05, 3.63) is 42.0 Å². The normalized spacial score (nSPS) is 25.4. The molecule has 2 amide bonds. The molecule has 6 nitrogen and oxygen atoms in total. The first-order valence-corrected chi connectivity index (χ1v) is 8.27. The second-order valence-corrected chi connectivity index (χ2v) is 7.42. The monoisotopic (exact) mass is 345 g/mol. The van der Waals surface area contributed by atoms with Gasteiger partial charge in [0, 0.05) is 5.92 Å². The highest BCUT2D eigenvalue weighted by molar-refractivity contribution is 5.91. The first kappa shape index (κ1) is 17.3. The van der Waals surface area contributed by atoms with E-state index in [-0.39, 0.29) is 12.5 Å². The zero-order valence-corrected chi connectivity index (χ0v) is 14.9. The quantitative estimate of drug-likeness (QED) is 0.762. The fourth-order valence-corrected chi connectivity index (χ4v) is 3.23. The number of cyclic esters (lactones) is 1. The number of carbonyl (C=O) groups excluding carboxylic acids is 2. The zero-order chi connectivity index (χ0) is 18.2. The molecule has 0 aromatic heterocycles. The van der Waals surface area contributed by atoms with Gasteiger partial charge in [-0.3, -0.25) is 0 Å². The molecule has 1 aromatic carbocycles. The Morgan fingerprint density at radius 3 is 2.56 bits per heavy atom. The lowest BCUT2D eigenvalue weighted by atomic mass is 9.91. The standard InChI is InChI=1S/C19H23NO5/c1-18(2,3)25-17(22)20-16(21)24-12-19(20)10-9-14(11-19)13-5-7-15(23-4)8-6-13/h5-10,14H,11-12H2,1-4H3/t14-,19?/m0/s1. The summed E-state index contributed by atoms with van der Waals surface area (Å²) in [5.74, 6) is 0.876. The van der Waals surface area contributed by atoms with Gasteiger partial charge in [-0.2, -0.15) is 4.90 Å². The van der Waals surface area contributed by atoms with Crippen LogP contribution in [0.5, 0.6) is 5.75 Å².